The molecule has 9 heteroatoms. The van der Waals surface area contributed by atoms with E-state index in [-0.39, 0.29) is 12.5 Å². The highest BCUT2D eigenvalue weighted by molar-refractivity contribution is 7.73. The molecule has 0 radical (unpaired) electrons. The van der Waals surface area contributed by atoms with Crippen molar-refractivity contribution < 1.29 is 14.6 Å². The third-order valence-corrected chi connectivity index (χ3v) is 6.28. The van der Waals surface area contributed by atoms with Crippen LogP contribution < -0.4 is 0 Å². The van der Waals surface area contributed by atoms with Gasteiger partial charge in [0.25, 0.3) is 0 Å². The molecule has 1 heterocycles. The number of hydrogen-bond acceptors (Lipinski definition) is 6. The third-order valence-electron chi connectivity index (χ3n) is 4.22. The van der Waals surface area contributed by atoms with Crippen LogP contribution in [0.5, 0.6) is 5.88 Å². The Hall–Kier alpha value is -2.19. The Morgan fingerprint density at radius 1 is 1.27 bits per heavy atom. The number of benzene rings is 2. The largest absolute Gasteiger partial charge is 0.493 e. The van der Waals surface area contributed by atoms with E-state index in [1.54, 1.807) is 25.1 Å². The van der Waals surface area contributed by atoms with Crippen molar-refractivity contribution in [2.75, 3.05) is 6.61 Å². The number of thiazole rings is 1. The second kappa shape index (κ2) is 10.2. The van der Waals surface area contributed by atoms with Crippen molar-refractivity contribution in [3.05, 3.63) is 73.0 Å². The Labute approximate surface area is 193 Å². The fourth-order valence-corrected chi connectivity index (χ4v) is 4.38. The molecule has 156 valence electrons. The van der Waals surface area contributed by atoms with Gasteiger partial charge >= 0.3 is 5.97 Å². The first kappa shape index (κ1) is 22.5. The van der Waals surface area contributed by atoms with Crippen LogP contribution in [0.3, 0.4) is 0 Å². The molecule has 0 aliphatic carbocycles. The highest BCUT2D eigenvalue weighted by Crippen LogP contribution is 2.32. The van der Waals surface area contributed by atoms with E-state index in [2.05, 4.69) is 4.99 Å². The molecule has 2 aromatic carbocycles. The maximum absolute atomic E-state index is 12.7. The number of hydrogen-bond donors (Lipinski definition) is 1. The first-order chi connectivity index (χ1) is 14.4. The number of aliphatic imine (C=N–C) groups is 1. The van der Waals surface area contributed by atoms with Gasteiger partial charge in [0.2, 0.25) is 5.88 Å². The number of rotatable bonds is 7. The maximum Gasteiger partial charge on any atom is 0.329 e. The van der Waals surface area contributed by atoms with Crippen LogP contribution >= 0.6 is 46.8 Å². The van der Waals surface area contributed by atoms with E-state index >= 15 is 0 Å². The van der Waals surface area contributed by atoms with Gasteiger partial charge in [-0.2, -0.15) is 0 Å². The van der Waals surface area contributed by atoms with Crippen molar-refractivity contribution in [1.29, 1.82) is 0 Å². The SMILES string of the molecule is CCOC(=O)[C@H](Cc1ccccc1)n1c(O)c(C=Nc2ccc(Cl)c(Cl)c2)sc1=S. The van der Waals surface area contributed by atoms with Crippen LogP contribution in [0.4, 0.5) is 5.69 Å². The lowest BCUT2D eigenvalue weighted by Crippen LogP contribution is -2.24. The Bertz CT molecular complexity index is 1130. The van der Waals surface area contributed by atoms with Crippen molar-refractivity contribution >= 4 is 64.6 Å². The highest BCUT2D eigenvalue weighted by atomic mass is 35.5. The molecule has 1 atom stereocenters. The van der Waals surface area contributed by atoms with Crippen LogP contribution in [-0.4, -0.2) is 28.5 Å². The van der Waals surface area contributed by atoms with Crippen molar-refractivity contribution in [1.82, 2.24) is 4.57 Å². The predicted octanol–water partition coefficient (Wildman–Crippen LogP) is 6.39. The van der Waals surface area contributed by atoms with Gasteiger partial charge in [-0.15, -0.1) is 0 Å². The summed E-state index contributed by atoms with van der Waals surface area (Å²) < 4.78 is 6.99. The van der Waals surface area contributed by atoms with Gasteiger partial charge in [-0.05, 0) is 42.9 Å². The van der Waals surface area contributed by atoms with Crippen molar-refractivity contribution in [3.63, 3.8) is 0 Å². The third kappa shape index (κ3) is 5.29. The molecule has 1 aromatic heterocycles. The first-order valence-electron chi connectivity index (χ1n) is 9.04. The molecule has 0 amide bonds. The number of aromatic hydroxyl groups is 1. The second-order valence-corrected chi connectivity index (χ2v) is 8.73. The summed E-state index contributed by atoms with van der Waals surface area (Å²) >= 11 is 18.5. The zero-order chi connectivity index (χ0) is 21.7. The zero-order valence-electron chi connectivity index (χ0n) is 15.9. The molecule has 3 aromatic rings. The van der Waals surface area contributed by atoms with Gasteiger partial charge in [-0.1, -0.05) is 64.9 Å². The van der Waals surface area contributed by atoms with Crippen LogP contribution in [0, 0.1) is 3.95 Å². The van der Waals surface area contributed by atoms with E-state index < -0.39 is 12.0 Å². The van der Waals surface area contributed by atoms with Crippen LogP contribution in [0.1, 0.15) is 23.4 Å². The van der Waals surface area contributed by atoms with Crippen LogP contribution in [-0.2, 0) is 16.0 Å². The summed E-state index contributed by atoms with van der Waals surface area (Å²) in [6, 6.07) is 13.7. The zero-order valence-corrected chi connectivity index (χ0v) is 19.1. The lowest BCUT2D eigenvalue weighted by atomic mass is 10.1. The van der Waals surface area contributed by atoms with Gasteiger partial charge in [-0.25, -0.2) is 4.79 Å². The van der Waals surface area contributed by atoms with E-state index in [1.807, 2.05) is 30.3 Å². The van der Waals surface area contributed by atoms with Gasteiger partial charge in [-0.3, -0.25) is 9.56 Å². The summed E-state index contributed by atoms with van der Waals surface area (Å²) in [5.41, 5.74) is 1.50. The number of nitrogens with zero attached hydrogens (tertiary/aromatic N) is 2. The summed E-state index contributed by atoms with van der Waals surface area (Å²) in [7, 11) is 0. The molecule has 3 rings (SSSR count). The molecule has 0 aliphatic heterocycles. The van der Waals surface area contributed by atoms with Gasteiger partial charge < -0.3 is 9.84 Å². The lowest BCUT2D eigenvalue weighted by Gasteiger charge is -2.18. The molecule has 0 saturated carbocycles. The Morgan fingerprint density at radius 2 is 2.00 bits per heavy atom. The van der Waals surface area contributed by atoms with E-state index in [0.717, 1.165) is 16.9 Å². The normalized spacial score (nSPS) is 12.2. The Balaban J connectivity index is 1.95. The lowest BCUT2D eigenvalue weighted by molar-refractivity contribution is -0.147. The maximum atomic E-state index is 12.7. The smallest absolute Gasteiger partial charge is 0.329 e. The molecule has 0 bridgehead atoms. The summed E-state index contributed by atoms with van der Waals surface area (Å²) in [6.45, 7) is 1.97. The average Bonchev–Trinajstić information content (AvgIpc) is 3.01. The van der Waals surface area contributed by atoms with E-state index in [0.29, 0.717) is 31.0 Å². The van der Waals surface area contributed by atoms with Crippen molar-refractivity contribution in [2.45, 2.75) is 19.4 Å². The number of halogens is 2. The van der Waals surface area contributed by atoms with Crippen LogP contribution in [0.2, 0.25) is 10.0 Å². The van der Waals surface area contributed by atoms with Gasteiger partial charge in [0.1, 0.15) is 10.9 Å². The predicted molar refractivity (Wildman–Crippen MR) is 124 cm³/mol. The molecule has 30 heavy (non-hydrogen) atoms. The molecular weight excluding hydrogens is 463 g/mol. The molecule has 0 fully saturated rings. The standard InChI is InChI=1S/C21H18Cl2N2O3S2/c1-2-28-20(27)17(10-13-6-4-3-5-7-13)25-19(26)18(30-21(25)29)12-24-14-8-9-15(22)16(23)11-14/h3-9,11-12,17,26H,2,10H2,1H3/t17-/m0/s1. The molecule has 0 unspecified atom stereocenters. The van der Waals surface area contributed by atoms with Gasteiger partial charge in [0, 0.05) is 6.42 Å². The minimum absolute atomic E-state index is 0.136. The monoisotopic (exact) mass is 480 g/mol. The Kier molecular flexibility index (Phi) is 7.66. The number of aromatic nitrogens is 1. The molecular formula is C21H18Cl2N2O3S2. The van der Waals surface area contributed by atoms with Crippen molar-refractivity contribution in [2.24, 2.45) is 4.99 Å². The minimum atomic E-state index is -0.789. The molecule has 0 aliphatic rings. The number of ether oxygens (including phenoxy) is 1. The molecule has 0 saturated heterocycles. The average molecular weight is 481 g/mol. The summed E-state index contributed by atoms with van der Waals surface area (Å²) in [5, 5.41) is 11.6. The minimum Gasteiger partial charge on any atom is -0.493 e. The fourth-order valence-electron chi connectivity index (χ4n) is 2.81. The second-order valence-electron chi connectivity index (χ2n) is 6.24. The summed E-state index contributed by atoms with van der Waals surface area (Å²) in [5.74, 6) is -0.596. The summed E-state index contributed by atoms with van der Waals surface area (Å²) in [6.07, 6.45) is 1.82. The first-order valence-corrected chi connectivity index (χ1v) is 11.0. The van der Waals surface area contributed by atoms with Crippen molar-refractivity contribution in [3.8, 4) is 5.88 Å². The number of esters is 1. The van der Waals surface area contributed by atoms with E-state index in [9.17, 15) is 9.90 Å². The highest BCUT2D eigenvalue weighted by Gasteiger charge is 2.27. The van der Waals surface area contributed by atoms with Crippen LogP contribution in [0.25, 0.3) is 0 Å². The van der Waals surface area contributed by atoms with Crippen LogP contribution in [0.15, 0.2) is 53.5 Å². The number of carbonyl (C=O) groups is 1. The molecule has 1 N–H and O–H groups in total. The molecule has 5 nitrogen and oxygen atoms in total. The van der Waals surface area contributed by atoms with Gasteiger partial charge in [0.05, 0.1) is 28.6 Å². The quantitative estimate of drug-likeness (QED) is 0.241. The molecule has 0 spiro atoms. The number of carbonyl (C=O) groups excluding carboxylic acids is 1. The van der Waals surface area contributed by atoms with Gasteiger partial charge in [0.15, 0.2) is 3.95 Å². The Morgan fingerprint density at radius 3 is 2.67 bits per heavy atom. The van der Waals surface area contributed by atoms with E-state index in [1.165, 1.54) is 10.8 Å². The van der Waals surface area contributed by atoms with E-state index in [4.69, 9.17) is 40.2 Å². The topological polar surface area (TPSA) is 63.8 Å². The summed E-state index contributed by atoms with van der Waals surface area (Å²) in [4.78, 5) is 17.4. The fraction of sp³-hybridized carbons (Fsp3) is 0.190.